The van der Waals surface area contributed by atoms with E-state index < -0.39 is 11.9 Å². The minimum atomic E-state index is -0.625. The second-order valence-electron chi connectivity index (χ2n) is 6.76. The molecule has 5 nitrogen and oxygen atoms in total. The highest BCUT2D eigenvalue weighted by molar-refractivity contribution is 6.01. The predicted octanol–water partition coefficient (Wildman–Crippen LogP) is 4.02. The van der Waals surface area contributed by atoms with E-state index in [-0.39, 0.29) is 18.4 Å². The number of anilines is 1. The molecule has 0 saturated carbocycles. The van der Waals surface area contributed by atoms with Crippen molar-refractivity contribution < 1.29 is 18.7 Å². The van der Waals surface area contributed by atoms with E-state index in [2.05, 4.69) is 5.32 Å². The fourth-order valence-electron chi connectivity index (χ4n) is 3.58. The molecule has 0 aliphatic carbocycles. The van der Waals surface area contributed by atoms with Crippen LogP contribution in [0.4, 0.5) is 10.1 Å². The fraction of sp³-hybridized carbons (Fsp3) is 0.130. The van der Waals surface area contributed by atoms with Gasteiger partial charge in [0.25, 0.3) is 5.91 Å². The predicted molar refractivity (Wildman–Crippen MR) is 107 cm³/mol. The second kappa shape index (κ2) is 7.75. The molecule has 1 aliphatic heterocycles. The Balaban J connectivity index is 1.87. The molecule has 4 rings (SSSR count). The summed E-state index contributed by atoms with van der Waals surface area (Å²) in [5.41, 5.74) is 2.19. The molecule has 1 N–H and O–H groups in total. The van der Waals surface area contributed by atoms with Crippen LogP contribution in [0.15, 0.2) is 72.8 Å². The summed E-state index contributed by atoms with van der Waals surface area (Å²) in [7, 11) is 1.52. The Labute approximate surface area is 167 Å². The summed E-state index contributed by atoms with van der Waals surface area (Å²) >= 11 is 0. The Morgan fingerprint density at radius 3 is 2.62 bits per heavy atom. The molecule has 3 aromatic carbocycles. The molecule has 2 amide bonds. The summed E-state index contributed by atoms with van der Waals surface area (Å²) in [6.45, 7) is -0.161. The maximum atomic E-state index is 14.1. The zero-order chi connectivity index (χ0) is 20.4. The van der Waals surface area contributed by atoms with Crippen molar-refractivity contribution in [2.45, 2.75) is 6.04 Å². The van der Waals surface area contributed by atoms with Gasteiger partial charge >= 0.3 is 0 Å². The highest BCUT2D eigenvalue weighted by Crippen LogP contribution is 2.37. The second-order valence-corrected chi connectivity index (χ2v) is 6.76. The van der Waals surface area contributed by atoms with Gasteiger partial charge in [-0.2, -0.15) is 0 Å². The van der Waals surface area contributed by atoms with Gasteiger partial charge < -0.3 is 15.0 Å². The van der Waals surface area contributed by atoms with E-state index in [4.69, 9.17) is 4.74 Å². The number of nitrogens with one attached hydrogen (secondary N) is 1. The number of nitrogens with zero attached hydrogens (tertiary/aromatic N) is 1. The molecule has 0 fully saturated rings. The summed E-state index contributed by atoms with van der Waals surface area (Å²) in [6.07, 6.45) is 0. The Morgan fingerprint density at radius 1 is 1.07 bits per heavy atom. The number of rotatable bonds is 3. The average molecular weight is 390 g/mol. The van der Waals surface area contributed by atoms with Gasteiger partial charge in [-0.1, -0.05) is 36.4 Å². The van der Waals surface area contributed by atoms with Crippen LogP contribution in [0.25, 0.3) is 0 Å². The van der Waals surface area contributed by atoms with Gasteiger partial charge in [0.1, 0.15) is 18.1 Å². The molecular weight excluding hydrogens is 371 g/mol. The summed E-state index contributed by atoms with van der Waals surface area (Å²) in [5, 5.41) is 2.78. The first-order valence-electron chi connectivity index (χ1n) is 9.16. The monoisotopic (exact) mass is 390 g/mol. The lowest BCUT2D eigenvalue weighted by molar-refractivity contribution is -0.117. The van der Waals surface area contributed by atoms with Crippen LogP contribution in [0.2, 0.25) is 0 Å². The third-order valence-electron chi connectivity index (χ3n) is 4.90. The molecule has 1 heterocycles. The lowest BCUT2D eigenvalue weighted by Gasteiger charge is -2.30. The summed E-state index contributed by atoms with van der Waals surface area (Å²) in [5.74, 6) is -0.579. The number of benzene rings is 3. The molecular formula is C23H19FN2O3. The first-order valence-corrected chi connectivity index (χ1v) is 9.16. The molecule has 6 heteroatoms. The van der Waals surface area contributed by atoms with Crippen molar-refractivity contribution in [1.82, 2.24) is 4.90 Å². The van der Waals surface area contributed by atoms with Crippen LogP contribution in [0, 0.1) is 5.82 Å². The molecule has 0 aromatic heterocycles. The average Bonchev–Trinajstić information content (AvgIpc) is 2.89. The fourth-order valence-corrected chi connectivity index (χ4v) is 3.58. The van der Waals surface area contributed by atoms with Gasteiger partial charge in [-0.15, -0.1) is 0 Å². The standard InChI is InChI=1S/C23H19FN2O3/c1-29-18-9-5-8-16(12-18)23(28)26-14-21(27)25-20-11-10-17(24)13-19(20)22(26)15-6-3-2-4-7-15/h2-13,22H,14H2,1H3,(H,25,27)/t22-/m1/s1. The molecule has 0 radical (unpaired) electrons. The van der Waals surface area contributed by atoms with Crippen LogP contribution in [0.1, 0.15) is 27.5 Å². The molecule has 146 valence electrons. The van der Waals surface area contributed by atoms with Crippen LogP contribution in [0.5, 0.6) is 5.75 Å². The van der Waals surface area contributed by atoms with Crippen molar-refractivity contribution in [3.05, 3.63) is 95.3 Å². The van der Waals surface area contributed by atoms with Crippen molar-refractivity contribution in [3.63, 3.8) is 0 Å². The topological polar surface area (TPSA) is 58.6 Å². The van der Waals surface area contributed by atoms with E-state index in [1.54, 1.807) is 24.3 Å². The van der Waals surface area contributed by atoms with Gasteiger partial charge in [-0.05, 0) is 42.0 Å². The summed E-state index contributed by atoms with van der Waals surface area (Å²) in [4.78, 5) is 27.5. The number of carbonyl (C=O) groups is 2. The van der Waals surface area contributed by atoms with Gasteiger partial charge in [0, 0.05) is 16.8 Å². The number of hydrogen-bond acceptors (Lipinski definition) is 3. The Hall–Kier alpha value is -3.67. The van der Waals surface area contributed by atoms with E-state index in [0.29, 0.717) is 22.6 Å². The van der Waals surface area contributed by atoms with E-state index in [0.717, 1.165) is 5.56 Å². The third kappa shape index (κ3) is 3.69. The van der Waals surface area contributed by atoms with Crippen molar-refractivity contribution in [2.24, 2.45) is 0 Å². The van der Waals surface area contributed by atoms with Crippen molar-refractivity contribution in [1.29, 1.82) is 0 Å². The van der Waals surface area contributed by atoms with Gasteiger partial charge in [0.05, 0.1) is 13.2 Å². The maximum absolute atomic E-state index is 14.1. The molecule has 0 unspecified atom stereocenters. The minimum absolute atomic E-state index is 0.161. The zero-order valence-corrected chi connectivity index (χ0v) is 15.8. The van der Waals surface area contributed by atoms with Crippen molar-refractivity contribution in [2.75, 3.05) is 19.0 Å². The van der Waals surface area contributed by atoms with Crippen LogP contribution >= 0.6 is 0 Å². The number of fused-ring (bicyclic) bond motifs is 1. The van der Waals surface area contributed by atoms with Crippen LogP contribution in [-0.2, 0) is 4.79 Å². The number of carbonyl (C=O) groups excluding carboxylic acids is 2. The smallest absolute Gasteiger partial charge is 0.255 e. The molecule has 1 atom stereocenters. The van der Waals surface area contributed by atoms with Gasteiger partial charge in [-0.25, -0.2) is 4.39 Å². The first kappa shape index (κ1) is 18.7. The Morgan fingerprint density at radius 2 is 1.86 bits per heavy atom. The maximum Gasteiger partial charge on any atom is 0.255 e. The molecule has 0 saturated heterocycles. The van der Waals surface area contributed by atoms with E-state index in [1.807, 2.05) is 30.3 Å². The molecule has 0 spiro atoms. The van der Waals surface area contributed by atoms with E-state index in [9.17, 15) is 14.0 Å². The number of halogens is 1. The number of methoxy groups -OCH3 is 1. The lowest BCUT2D eigenvalue weighted by Crippen LogP contribution is -2.39. The van der Waals surface area contributed by atoms with Crippen LogP contribution in [0.3, 0.4) is 0 Å². The molecule has 29 heavy (non-hydrogen) atoms. The quantitative estimate of drug-likeness (QED) is 0.735. The molecule has 1 aliphatic rings. The highest BCUT2D eigenvalue weighted by Gasteiger charge is 2.34. The van der Waals surface area contributed by atoms with Gasteiger partial charge in [-0.3, -0.25) is 9.59 Å². The summed E-state index contributed by atoms with van der Waals surface area (Å²) < 4.78 is 19.4. The largest absolute Gasteiger partial charge is 0.497 e. The molecule has 0 bridgehead atoms. The highest BCUT2D eigenvalue weighted by atomic mass is 19.1. The van der Waals surface area contributed by atoms with Gasteiger partial charge in [0.2, 0.25) is 5.91 Å². The number of amides is 2. The van der Waals surface area contributed by atoms with Crippen molar-refractivity contribution in [3.8, 4) is 5.75 Å². The number of hydrogen-bond donors (Lipinski definition) is 1. The van der Waals surface area contributed by atoms with E-state index in [1.165, 1.54) is 30.2 Å². The van der Waals surface area contributed by atoms with Crippen LogP contribution in [-0.4, -0.2) is 30.4 Å². The zero-order valence-electron chi connectivity index (χ0n) is 15.8. The third-order valence-corrected chi connectivity index (χ3v) is 4.90. The van der Waals surface area contributed by atoms with E-state index >= 15 is 0 Å². The Bertz CT molecular complexity index is 1070. The number of ether oxygens (including phenoxy) is 1. The Kier molecular flexibility index (Phi) is 4.99. The SMILES string of the molecule is COc1cccc(C(=O)N2CC(=O)Nc3ccc(F)cc3[C@H]2c2ccccc2)c1. The van der Waals surface area contributed by atoms with Gasteiger partial charge in [0.15, 0.2) is 0 Å². The van der Waals surface area contributed by atoms with Crippen molar-refractivity contribution >= 4 is 17.5 Å². The first-order chi connectivity index (χ1) is 14.1. The molecule has 3 aromatic rings. The van der Waals surface area contributed by atoms with Crippen LogP contribution < -0.4 is 10.1 Å². The lowest BCUT2D eigenvalue weighted by atomic mass is 9.95. The normalized spacial score (nSPS) is 15.9. The minimum Gasteiger partial charge on any atom is -0.497 e. The summed E-state index contributed by atoms with van der Waals surface area (Å²) in [6, 6.07) is 19.6.